The number of aliphatic carboxylic acids is 1. The Morgan fingerprint density at radius 2 is 1.95 bits per heavy atom. The van der Waals surface area contributed by atoms with Crippen LogP contribution < -0.4 is 10.1 Å². The van der Waals surface area contributed by atoms with E-state index in [-0.39, 0.29) is 5.41 Å². The van der Waals surface area contributed by atoms with Crippen molar-refractivity contribution in [3.8, 4) is 5.75 Å². The van der Waals surface area contributed by atoms with Gasteiger partial charge in [-0.05, 0) is 103 Å². The number of nitrogens with one attached hydrogen (secondary N) is 1. The van der Waals surface area contributed by atoms with Crippen molar-refractivity contribution in [3.05, 3.63) is 88.4 Å². The number of thiophene rings is 1. The first kappa shape index (κ1) is 25.2. The summed E-state index contributed by atoms with van der Waals surface area (Å²) in [6.07, 6.45) is 7.69. The quantitative estimate of drug-likeness (QED) is 0.221. The smallest absolute Gasteiger partial charge is 0.329 e. The van der Waals surface area contributed by atoms with Crippen LogP contribution in [0.3, 0.4) is 0 Å². The molecule has 2 aliphatic rings. The first-order chi connectivity index (χ1) is 18.5. The predicted molar refractivity (Wildman–Crippen MR) is 154 cm³/mol. The van der Waals surface area contributed by atoms with E-state index in [9.17, 15) is 9.90 Å². The van der Waals surface area contributed by atoms with Crippen molar-refractivity contribution in [1.82, 2.24) is 4.98 Å². The number of anilines is 1. The van der Waals surface area contributed by atoms with Gasteiger partial charge in [0.2, 0.25) is 0 Å². The Balaban J connectivity index is 1.18. The Morgan fingerprint density at radius 1 is 1.11 bits per heavy atom. The molecule has 4 aromatic rings. The van der Waals surface area contributed by atoms with E-state index in [1.807, 2.05) is 29.6 Å². The number of rotatable bonds is 8. The Morgan fingerprint density at radius 3 is 2.76 bits per heavy atom. The Labute approximate surface area is 231 Å². The highest BCUT2D eigenvalue weighted by Crippen LogP contribution is 2.55. The molecule has 38 heavy (non-hydrogen) atoms. The van der Waals surface area contributed by atoms with Crippen LogP contribution in [-0.2, 0) is 16.6 Å². The number of hydrogen-bond acceptors (Lipinski definition) is 5. The molecule has 1 fully saturated rings. The molecule has 1 spiro atoms. The van der Waals surface area contributed by atoms with Gasteiger partial charge in [-0.15, -0.1) is 11.3 Å². The van der Waals surface area contributed by atoms with Gasteiger partial charge in [0, 0.05) is 16.9 Å². The minimum absolute atomic E-state index is 0.00322. The number of carboxylic acid groups (broad SMARTS) is 1. The van der Waals surface area contributed by atoms with Gasteiger partial charge in [-0.3, -0.25) is 4.98 Å². The van der Waals surface area contributed by atoms with Gasteiger partial charge in [0.05, 0.1) is 16.8 Å². The summed E-state index contributed by atoms with van der Waals surface area (Å²) in [6, 6.07) is 20.1. The van der Waals surface area contributed by atoms with Gasteiger partial charge in [-0.1, -0.05) is 41.9 Å². The number of carboxylic acids is 1. The monoisotopic (exact) mass is 546 g/mol. The summed E-state index contributed by atoms with van der Waals surface area (Å²) in [5.41, 5.74) is 3.58. The zero-order valence-electron chi connectivity index (χ0n) is 21.2. The maximum atomic E-state index is 12.6. The van der Waals surface area contributed by atoms with Crippen molar-refractivity contribution >= 4 is 44.8 Å². The standard InChI is InChI=1S/C31H31ClN2O3S/c32-23-7-3-8-24(20-23)34-31(29(35)36)14-12-30(13-15-31)22(19-21-5-1-2-9-25(21)30)6-4-17-37-27-10-16-33-26-11-18-38-28(26)27/h1-3,5,7-11,16,18,20,22,34H,4,6,12-15,17,19H2,(H,35,36)/t22-,30?,31?/m0/s1. The van der Waals surface area contributed by atoms with Crippen LogP contribution in [0, 0.1) is 5.92 Å². The molecule has 2 aromatic carbocycles. The van der Waals surface area contributed by atoms with Gasteiger partial charge < -0.3 is 15.2 Å². The minimum atomic E-state index is -0.992. The topological polar surface area (TPSA) is 71.5 Å². The normalized spacial score (nSPS) is 24.4. The highest BCUT2D eigenvalue weighted by molar-refractivity contribution is 7.17. The molecule has 0 radical (unpaired) electrons. The number of halogens is 1. The lowest BCUT2D eigenvalue weighted by molar-refractivity contribution is -0.144. The number of carbonyl (C=O) groups is 1. The lowest BCUT2D eigenvalue weighted by atomic mass is 9.60. The van der Waals surface area contributed by atoms with Crippen molar-refractivity contribution in [1.29, 1.82) is 0 Å². The average molecular weight is 547 g/mol. The van der Waals surface area contributed by atoms with Gasteiger partial charge in [0.15, 0.2) is 0 Å². The van der Waals surface area contributed by atoms with E-state index in [0.29, 0.717) is 30.4 Å². The number of nitrogens with zero attached hydrogens (tertiary/aromatic N) is 1. The van der Waals surface area contributed by atoms with Crippen LogP contribution in [0.1, 0.15) is 49.7 Å². The summed E-state index contributed by atoms with van der Waals surface area (Å²) in [4.78, 5) is 17.0. The number of aromatic nitrogens is 1. The molecule has 5 nitrogen and oxygen atoms in total. The summed E-state index contributed by atoms with van der Waals surface area (Å²) in [7, 11) is 0. The fourth-order valence-corrected chi connectivity index (χ4v) is 7.76. The number of pyridine rings is 1. The van der Waals surface area contributed by atoms with E-state index < -0.39 is 11.5 Å². The SMILES string of the molecule is O=C(O)C1(Nc2cccc(Cl)c2)CCC2(CC1)c1ccccc1C[C@@H]2CCCOc1ccnc2ccsc12. The van der Waals surface area contributed by atoms with Crippen molar-refractivity contribution in [2.45, 2.75) is 55.9 Å². The maximum Gasteiger partial charge on any atom is 0.329 e. The fourth-order valence-electron chi connectivity index (χ4n) is 6.75. The fraction of sp³-hybridized carbons (Fsp3) is 0.355. The summed E-state index contributed by atoms with van der Waals surface area (Å²) in [5.74, 6) is 0.590. The van der Waals surface area contributed by atoms with E-state index in [2.05, 4.69) is 34.6 Å². The molecule has 1 atom stereocenters. The molecule has 0 bridgehead atoms. The van der Waals surface area contributed by atoms with Crippen LogP contribution in [0.2, 0.25) is 5.02 Å². The van der Waals surface area contributed by atoms with Crippen molar-refractivity contribution in [3.63, 3.8) is 0 Å². The molecule has 0 aliphatic heterocycles. The Hall–Kier alpha value is -3.09. The second kappa shape index (κ2) is 10.2. The zero-order valence-corrected chi connectivity index (χ0v) is 22.7. The van der Waals surface area contributed by atoms with Gasteiger partial charge in [-0.25, -0.2) is 4.79 Å². The third kappa shape index (κ3) is 4.54. The van der Waals surface area contributed by atoms with E-state index in [4.69, 9.17) is 16.3 Å². The molecule has 196 valence electrons. The lowest BCUT2D eigenvalue weighted by Crippen LogP contribution is -2.53. The van der Waals surface area contributed by atoms with Crippen LogP contribution >= 0.6 is 22.9 Å². The van der Waals surface area contributed by atoms with Crippen LogP contribution in [0.4, 0.5) is 5.69 Å². The number of ether oxygens (including phenoxy) is 1. The first-order valence-corrected chi connectivity index (χ1v) is 14.6. The Kier molecular flexibility index (Phi) is 6.79. The summed E-state index contributed by atoms with van der Waals surface area (Å²) >= 11 is 7.84. The molecule has 7 heteroatoms. The van der Waals surface area contributed by atoms with E-state index in [0.717, 1.165) is 53.8 Å². The van der Waals surface area contributed by atoms with Crippen LogP contribution in [0.15, 0.2) is 72.2 Å². The molecule has 6 rings (SSSR count). The van der Waals surface area contributed by atoms with Gasteiger partial charge in [0.25, 0.3) is 0 Å². The highest BCUT2D eigenvalue weighted by Gasteiger charge is 2.53. The third-order valence-electron chi connectivity index (χ3n) is 8.68. The molecule has 2 N–H and O–H groups in total. The predicted octanol–water partition coefficient (Wildman–Crippen LogP) is 7.73. The van der Waals surface area contributed by atoms with Gasteiger partial charge >= 0.3 is 5.97 Å². The third-order valence-corrected chi connectivity index (χ3v) is 9.83. The summed E-state index contributed by atoms with van der Waals surface area (Å²) < 4.78 is 7.30. The highest BCUT2D eigenvalue weighted by atomic mass is 35.5. The number of hydrogen-bond donors (Lipinski definition) is 2. The molecule has 0 saturated heterocycles. The summed E-state index contributed by atoms with van der Waals surface area (Å²) in [6.45, 7) is 0.662. The molecule has 2 heterocycles. The maximum absolute atomic E-state index is 12.6. The van der Waals surface area contributed by atoms with E-state index in [1.54, 1.807) is 29.7 Å². The van der Waals surface area contributed by atoms with Crippen molar-refractivity contribution < 1.29 is 14.6 Å². The van der Waals surface area contributed by atoms with Crippen molar-refractivity contribution in [2.24, 2.45) is 5.92 Å². The Bertz CT molecular complexity index is 1460. The number of fused-ring (bicyclic) bond motifs is 3. The van der Waals surface area contributed by atoms with Crippen molar-refractivity contribution in [2.75, 3.05) is 11.9 Å². The first-order valence-electron chi connectivity index (χ1n) is 13.3. The largest absolute Gasteiger partial charge is 0.492 e. The minimum Gasteiger partial charge on any atom is -0.492 e. The van der Waals surface area contributed by atoms with Crippen LogP contribution in [0.25, 0.3) is 10.2 Å². The van der Waals surface area contributed by atoms with E-state index in [1.165, 1.54) is 11.1 Å². The van der Waals surface area contributed by atoms with E-state index >= 15 is 0 Å². The number of benzene rings is 2. The molecular formula is C31H31ClN2O3S. The molecule has 2 aliphatic carbocycles. The second-order valence-corrected chi connectivity index (χ2v) is 12.0. The zero-order chi connectivity index (χ0) is 26.2. The molecule has 1 saturated carbocycles. The van der Waals surface area contributed by atoms with Gasteiger partial charge in [0.1, 0.15) is 11.3 Å². The second-order valence-electron chi connectivity index (χ2n) is 10.7. The lowest BCUT2D eigenvalue weighted by Gasteiger charge is -2.47. The van der Waals surface area contributed by atoms with Crippen LogP contribution in [0.5, 0.6) is 5.75 Å². The molecule has 2 aromatic heterocycles. The average Bonchev–Trinajstić information content (AvgIpc) is 3.52. The molecule has 0 amide bonds. The van der Waals surface area contributed by atoms with Gasteiger partial charge in [-0.2, -0.15) is 0 Å². The summed E-state index contributed by atoms with van der Waals surface area (Å²) in [5, 5.41) is 16.3. The molecule has 0 unspecified atom stereocenters. The van der Waals surface area contributed by atoms with Crippen LogP contribution in [-0.4, -0.2) is 28.2 Å². The molecular weight excluding hydrogens is 516 g/mol.